The van der Waals surface area contributed by atoms with E-state index in [1.54, 1.807) is 6.92 Å². The topological polar surface area (TPSA) is 146 Å². The molecule has 0 bridgehead atoms. The summed E-state index contributed by atoms with van der Waals surface area (Å²) in [6.07, 6.45) is -0.454. The van der Waals surface area contributed by atoms with Crippen LogP contribution in [0.4, 0.5) is 5.69 Å². The molecule has 10 heteroatoms. The van der Waals surface area contributed by atoms with E-state index in [1.165, 1.54) is 10.6 Å². The highest BCUT2D eigenvalue weighted by Crippen LogP contribution is 2.34. The van der Waals surface area contributed by atoms with Crippen LogP contribution in [0.3, 0.4) is 0 Å². The second-order valence-corrected chi connectivity index (χ2v) is 9.26. The molecule has 0 spiro atoms. The molecule has 0 saturated heterocycles. The van der Waals surface area contributed by atoms with Crippen LogP contribution >= 0.6 is 11.8 Å². The maximum absolute atomic E-state index is 11.2. The van der Waals surface area contributed by atoms with Crippen LogP contribution in [0, 0.1) is 0 Å². The number of anilines is 1. The van der Waals surface area contributed by atoms with E-state index in [9.17, 15) is 9.90 Å². The molecule has 0 saturated carbocycles. The van der Waals surface area contributed by atoms with Gasteiger partial charge in [0.05, 0.1) is 37.6 Å². The summed E-state index contributed by atoms with van der Waals surface area (Å²) in [6.45, 7) is 3.44. The summed E-state index contributed by atoms with van der Waals surface area (Å²) in [4.78, 5) is 14.9. The largest absolute Gasteiger partial charge is 0.492 e. The SMILES string of the molecule is CCO[C@@H](Cc1ccc(OCCN2CCSc3ccccc32)cc1)C(=O)O.NC(CO)(CO)CO. The van der Waals surface area contributed by atoms with Crippen molar-refractivity contribution in [3.8, 4) is 5.75 Å². The number of aliphatic hydroxyl groups excluding tert-OH is 3. The highest BCUT2D eigenvalue weighted by atomic mass is 32.2. The third-order valence-electron chi connectivity index (χ3n) is 5.39. The molecule has 1 aliphatic rings. The molecule has 0 radical (unpaired) electrons. The zero-order valence-electron chi connectivity index (χ0n) is 20.0. The molecule has 0 aliphatic carbocycles. The molecular formula is C25H36N2O7S. The Bertz CT molecular complexity index is 885. The van der Waals surface area contributed by atoms with Crippen LogP contribution in [-0.4, -0.2) is 89.9 Å². The summed E-state index contributed by atoms with van der Waals surface area (Å²) in [5, 5.41) is 34.2. The third-order valence-corrected chi connectivity index (χ3v) is 6.43. The van der Waals surface area contributed by atoms with Gasteiger partial charge in [-0.1, -0.05) is 24.3 Å². The van der Waals surface area contributed by atoms with Gasteiger partial charge < -0.3 is 40.5 Å². The first kappa shape index (κ1) is 28.9. The zero-order valence-corrected chi connectivity index (χ0v) is 20.8. The lowest BCUT2D eigenvalue weighted by atomic mass is 10.1. The number of hydrogen-bond acceptors (Lipinski definition) is 9. The molecule has 9 nitrogen and oxygen atoms in total. The first-order valence-corrected chi connectivity index (χ1v) is 12.5. The summed E-state index contributed by atoms with van der Waals surface area (Å²) >= 11 is 1.90. The number of nitrogens with zero attached hydrogens (tertiary/aromatic N) is 1. The average Bonchev–Trinajstić information content (AvgIpc) is 2.89. The maximum atomic E-state index is 11.2. The van der Waals surface area contributed by atoms with Gasteiger partial charge in [-0.25, -0.2) is 4.79 Å². The van der Waals surface area contributed by atoms with Crippen molar-refractivity contribution < 1.29 is 34.7 Å². The highest BCUT2D eigenvalue weighted by Gasteiger charge is 2.21. The number of fused-ring (bicyclic) bond motifs is 1. The Labute approximate surface area is 210 Å². The number of aliphatic hydroxyl groups is 3. The van der Waals surface area contributed by atoms with Gasteiger partial charge in [0.25, 0.3) is 0 Å². The molecule has 35 heavy (non-hydrogen) atoms. The quantitative estimate of drug-likeness (QED) is 0.285. The Morgan fingerprint density at radius 2 is 1.77 bits per heavy atom. The zero-order chi connectivity index (χ0) is 25.7. The van der Waals surface area contributed by atoms with Crippen LogP contribution in [0.25, 0.3) is 0 Å². The smallest absolute Gasteiger partial charge is 0.333 e. The molecule has 6 N–H and O–H groups in total. The van der Waals surface area contributed by atoms with E-state index in [1.807, 2.05) is 36.0 Å². The standard InChI is InChI=1S/C21H25NO4S.C4H11NO3/c1-2-25-19(21(23)24)15-16-7-9-17(10-8-16)26-13-11-22-12-14-27-20-6-4-3-5-18(20)22;5-4(1-6,2-7)3-8/h3-10,19H,2,11-15H2,1H3,(H,23,24);6-8H,1-3,5H2/t19-;/m0./s1. The number of benzene rings is 2. The molecule has 0 aromatic heterocycles. The Balaban J connectivity index is 0.000000466. The van der Waals surface area contributed by atoms with Crippen LogP contribution in [0.15, 0.2) is 53.4 Å². The number of aliphatic carboxylic acids is 1. The Morgan fingerprint density at radius 3 is 2.34 bits per heavy atom. The molecular weight excluding hydrogens is 472 g/mol. The monoisotopic (exact) mass is 508 g/mol. The van der Waals surface area contributed by atoms with Crippen LogP contribution in [0.2, 0.25) is 0 Å². The van der Waals surface area contributed by atoms with Crippen molar-refractivity contribution in [3.05, 3.63) is 54.1 Å². The number of hydrogen-bond donors (Lipinski definition) is 5. The number of carboxylic acids is 1. The number of carboxylic acid groups (broad SMARTS) is 1. The summed E-state index contributed by atoms with van der Waals surface area (Å²) in [5.74, 6) is 0.954. The molecule has 0 fully saturated rings. The van der Waals surface area contributed by atoms with E-state index in [4.69, 9.17) is 30.5 Å². The lowest BCUT2D eigenvalue weighted by Gasteiger charge is -2.30. The first-order chi connectivity index (χ1) is 16.9. The minimum absolute atomic E-state index is 0.353. The van der Waals surface area contributed by atoms with Crippen LogP contribution in [-0.2, 0) is 16.0 Å². The molecule has 0 amide bonds. The van der Waals surface area contributed by atoms with E-state index in [0.717, 1.165) is 30.2 Å². The van der Waals surface area contributed by atoms with Crippen LogP contribution in [0.5, 0.6) is 5.75 Å². The van der Waals surface area contributed by atoms with E-state index >= 15 is 0 Å². The number of nitrogens with two attached hydrogens (primary N) is 1. The summed E-state index contributed by atoms with van der Waals surface area (Å²) in [6, 6.07) is 16.1. The van der Waals surface area contributed by atoms with E-state index < -0.39 is 37.4 Å². The molecule has 2 aromatic rings. The van der Waals surface area contributed by atoms with E-state index in [-0.39, 0.29) is 0 Å². The summed E-state index contributed by atoms with van der Waals surface area (Å²) in [7, 11) is 0. The maximum Gasteiger partial charge on any atom is 0.333 e. The molecule has 1 aliphatic heterocycles. The predicted octanol–water partition coefficient (Wildman–Crippen LogP) is 1.37. The van der Waals surface area contributed by atoms with Crippen molar-refractivity contribution >= 4 is 23.4 Å². The van der Waals surface area contributed by atoms with Gasteiger partial charge >= 0.3 is 5.97 Å². The Morgan fingerprint density at radius 1 is 1.11 bits per heavy atom. The molecule has 1 heterocycles. The lowest BCUT2D eigenvalue weighted by Crippen LogP contribution is -2.50. The van der Waals surface area contributed by atoms with Gasteiger partial charge in [0.2, 0.25) is 0 Å². The van der Waals surface area contributed by atoms with Crippen molar-refractivity contribution in [2.24, 2.45) is 5.73 Å². The molecule has 2 aromatic carbocycles. The van der Waals surface area contributed by atoms with Gasteiger partial charge in [-0.3, -0.25) is 0 Å². The number of rotatable bonds is 12. The van der Waals surface area contributed by atoms with Crippen LogP contribution < -0.4 is 15.4 Å². The number of ether oxygens (including phenoxy) is 2. The highest BCUT2D eigenvalue weighted by molar-refractivity contribution is 7.99. The number of para-hydroxylation sites is 1. The fraction of sp³-hybridized carbons (Fsp3) is 0.480. The van der Waals surface area contributed by atoms with Crippen molar-refractivity contribution in [1.82, 2.24) is 0 Å². The fourth-order valence-corrected chi connectivity index (χ4v) is 4.29. The fourth-order valence-electron chi connectivity index (χ4n) is 3.24. The molecule has 0 unspecified atom stereocenters. The minimum atomic E-state index is -1.21. The lowest BCUT2D eigenvalue weighted by molar-refractivity contribution is -0.149. The molecule has 194 valence electrons. The third kappa shape index (κ3) is 9.32. The summed E-state index contributed by atoms with van der Waals surface area (Å²) < 4.78 is 11.1. The number of thioether (sulfide) groups is 1. The van der Waals surface area contributed by atoms with E-state index in [2.05, 4.69) is 29.2 Å². The summed E-state index contributed by atoms with van der Waals surface area (Å²) in [5.41, 5.74) is 6.14. The van der Waals surface area contributed by atoms with Crippen LogP contribution in [0.1, 0.15) is 12.5 Å². The second-order valence-electron chi connectivity index (χ2n) is 8.12. The van der Waals surface area contributed by atoms with Crippen molar-refractivity contribution in [3.63, 3.8) is 0 Å². The van der Waals surface area contributed by atoms with Gasteiger partial charge in [-0.2, -0.15) is 0 Å². The van der Waals surface area contributed by atoms with Crippen molar-refractivity contribution in [2.75, 3.05) is 56.8 Å². The molecule has 3 rings (SSSR count). The predicted molar refractivity (Wildman–Crippen MR) is 136 cm³/mol. The van der Waals surface area contributed by atoms with Gasteiger partial charge in [0, 0.05) is 30.2 Å². The van der Waals surface area contributed by atoms with Gasteiger partial charge in [-0.05, 0) is 36.8 Å². The minimum Gasteiger partial charge on any atom is -0.492 e. The van der Waals surface area contributed by atoms with Gasteiger partial charge in [0.15, 0.2) is 6.10 Å². The van der Waals surface area contributed by atoms with E-state index in [0.29, 0.717) is 19.6 Å². The average molecular weight is 509 g/mol. The Kier molecular flexibility index (Phi) is 12.3. The van der Waals surface area contributed by atoms with Crippen molar-refractivity contribution in [1.29, 1.82) is 0 Å². The van der Waals surface area contributed by atoms with Gasteiger partial charge in [0.1, 0.15) is 12.4 Å². The normalized spacial score (nSPS) is 13.9. The Hall–Kier alpha value is -2.34. The number of carbonyl (C=O) groups is 1. The first-order valence-electron chi connectivity index (χ1n) is 11.5. The second kappa shape index (κ2) is 14.9. The van der Waals surface area contributed by atoms with Gasteiger partial charge in [-0.15, -0.1) is 11.8 Å². The molecule has 1 atom stereocenters. The van der Waals surface area contributed by atoms with Crippen molar-refractivity contribution in [2.45, 2.75) is 29.9 Å².